The number of amides is 2. The zero-order valence-corrected chi connectivity index (χ0v) is 16.1. The first-order valence-corrected chi connectivity index (χ1v) is 9.31. The highest BCUT2D eigenvalue weighted by molar-refractivity contribution is 5.96. The summed E-state index contributed by atoms with van der Waals surface area (Å²) in [6.07, 6.45) is -1.11. The van der Waals surface area contributed by atoms with Crippen LogP contribution in [0.25, 0.3) is 0 Å². The van der Waals surface area contributed by atoms with Crippen molar-refractivity contribution in [1.29, 1.82) is 0 Å². The number of aromatic nitrogens is 3. The van der Waals surface area contributed by atoms with Crippen LogP contribution in [0.2, 0.25) is 0 Å². The van der Waals surface area contributed by atoms with Gasteiger partial charge in [-0.25, -0.2) is 4.98 Å². The second kappa shape index (κ2) is 8.22. The van der Waals surface area contributed by atoms with Crippen molar-refractivity contribution in [3.63, 3.8) is 0 Å². The molecule has 2 aromatic heterocycles. The largest absolute Gasteiger partial charge is 0.433 e. The lowest BCUT2D eigenvalue weighted by molar-refractivity contribution is -0.141. The van der Waals surface area contributed by atoms with Crippen molar-refractivity contribution in [2.45, 2.75) is 45.3 Å². The number of carbonyl (C=O) groups excluding carboxylic acids is 2. The number of halogens is 3. The summed E-state index contributed by atoms with van der Waals surface area (Å²) < 4.78 is 38.2. The molecule has 2 N–H and O–H groups in total. The van der Waals surface area contributed by atoms with Gasteiger partial charge in [-0.3, -0.25) is 14.7 Å². The van der Waals surface area contributed by atoms with Crippen LogP contribution in [0.15, 0.2) is 18.3 Å². The summed E-state index contributed by atoms with van der Waals surface area (Å²) in [6.45, 7) is 4.20. The first-order chi connectivity index (χ1) is 13.7. The first-order valence-electron chi connectivity index (χ1n) is 9.31. The molecule has 1 saturated heterocycles. The first kappa shape index (κ1) is 20.8. The summed E-state index contributed by atoms with van der Waals surface area (Å²) in [5, 5.41) is 9.48. The Hall–Kier alpha value is -2.91. The number of nitrogens with zero attached hydrogens (tertiary/aromatic N) is 3. The van der Waals surface area contributed by atoms with E-state index in [1.54, 1.807) is 11.8 Å². The SMILES string of the molecule is Cc1nc(C(F)(F)F)ccc1C(=O)NC1CCCN(C(=O)c2cn[nH]c2C)CC1. The summed E-state index contributed by atoms with van der Waals surface area (Å²) in [4.78, 5) is 30.4. The fraction of sp³-hybridized carbons (Fsp3) is 0.474. The lowest BCUT2D eigenvalue weighted by Gasteiger charge is -2.21. The van der Waals surface area contributed by atoms with Gasteiger partial charge in [-0.05, 0) is 45.2 Å². The molecule has 1 fully saturated rings. The number of H-pyrrole nitrogens is 1. The molecule has 3 rings (SSSR count). The van der Waals surface area contributed by atoms with Gasteiger partial charge in [0, 0.05) is 24.8 Å². The van der Waals surface area contributed by atoms with Crippen LogP contribution in [0.4, 0.5) is 13.2 Å². The average molecular weight is 409 g/mol. The van der Waals surface area contributed by atoms with Crippen LogP contribution in [0.3, 0.4) is 0 Å². The molecule has 0 radical (unpaired) electrons. The number of hydrogen-bond donors (Lipinski definition) is 2. The maximum absolute atomic E-state index is 12.7. The van der Waals surface area contributed by atoms with Gasteiger partial charge in [0.1, 0.15) is 5.69 Å². The van der Waals surface area contributed by atoms with E-state index < -0.39 is 17.8 Å². The summed E-state index contributed by atoms with van der Waals surface area (Å²) in [5.41, 5.74) is 0.348. The average Bonchev–Trinajstić information content (AvgIpc) is 2.94. The summed E-state index contributed by atoms with van der Waals surface area (Å²) in [7, 11) is 0. The van der Waals surface area contributed by atoms with E-state index >= 15 is 0 Å². The van der Waals surface area contributed by atoms with Gasteiger partial charge in [0.25, 0.3) is 11.8 Å². The Labute approximate surface area is 165 Å². The van der Waals surface area contributed by atoms with E-state index in [2.05, 4.69) is 20.5 Å². The molecule has 0 bridgehead atoms. The van der Waals surface area contributed by atoms with Crippen molar-refractivity contribution in [1.82, 2.24) is 25.4 Å². The number of aryl methyl sites for hydroxylation is 2. The van der Waals surface area contributed by atoms with E-state index in [0.29, 0.717) is 43.6 Å². The Morgan fingerprint density at radius 2 is 1.93 bits per heavy atom. The summed E-state index contributed by atoms with van der Waals surface area (Å²) in [5.74, 6) is -0.565. The highest BCUT2D eigenvalue weighted by atomic mass is 19.4. The molecular weight excluding hydrogens is 387 g/mol. The standard InChI is InChI=1S/C19H22F3N5O2/c1-11-14(5-6-16(24-11)19(20,21)22)17(28)25-13-4-3-8-27(9-7-13)18(29)15-10-23-26-12(15)2/h5-6,10,13H,3-4,7-9H2,1-2H3,(H,23,26)(H,25,28). The molecule has 10 heteroatoms. The van der Waals surface area contributed by atoms with Crippen LogP contribution in [0, 0.1) is 13.8 Å². The molecule has 7 nitrogen and oxygen atoms in total. The number of hydrogen-bond acceptors (Lipinski definition) is 4. The fourth-order valence-corrected chi connectivity index (χ4v) is 3.40. The predicted octanol–water partition coefficient (Wildman–Crippen LogP) is 2.87. The van der Waals surface area contributed by atoms with E-state index in [1.165, 1.54) is 13.1 Å². The molecule has 1 atom stereocenters. The Kier molecular flexibility index (Phi) is 5.90. The molecule has 1 unspecified atom stereocenters. The van der Waals surface area contributed by atoms with Crippen LogP contribution >= 0.6 is 0 Å². The maximum atomic E-state index is 12.7. The number of alkyl halides is 3. The van der Waals surface area contributed by atoms with E-state index in [1.807, 2.05) is 0 Å². The summed E-state index contributed by atoms with van der Waals surface area (Å²) >= 11 is 0. The highest BCUT2D eigenvalue weighted by Gasteiger charge is 2.33. The van der Waals surface area contributed by atoms with Crippen LogP contribution in [0.5, 0.6) is 0 Å². The molecular formula is C19H22F3N5O2. The second-order valence-corrected chi connectivity index (χ2v) is 7.13. The normalized spacial score (nSPS) is 17.7. The molecule has 3 heterocycles. The minimum Gasteiger partial charge on any atom is -0.349 e. The van der Waals surface area contributed by atoms with Gasteiger partial charge >= 0.3 is 6.18 Å². The quantitative estimate of drug-likeness (QED) is 0.816. The minimum atomic E-state index is -4.55. The van der Waals surface area contributed by atoms with E-state index in [0.717, 1.165) is 12.1 Å². The molecule has 0 spiro atoms. The molecule has 0 aliphatic carbocycles. The van der Waals surface area contributed by atoms with Gasteiger partial charge in [-0.2, -0.15) is 18.3 Å². The Bertz CT molecular complexity index is 909. The lowest BCUT2D eigenvalue weighted by atomic mass is 10.1. The molecule has 156 valence electrons. The van der Waals surface area contributed by atoms with Gasteiger partial charge in [0.15, 0.2) is 0 Å². The highest BCUT2D eigenvalue weighted by Crippen LogP contribution is 2.28. The van der Waals surface area contributed by atoms with Gasteiger partial charge < -0.3 is 10.2 Å². The van der Waals surface area contributed by atoms with Crippen molar-refractivity contribution in [3.8, 4) is 0 Å². The molecule has 2 aromatic rings. The molecule has 0 aromatic carbocycles. The summed E-state index contributed by atoms with van der Waals surface area (Å²) in [6, 6.07) is 1.78. The zero-order chi connectivity index (χ0) is 21.2. The lowest BCUT2D eigenvalue weighted by Crippen LogP contribution is -2.37. The van der Waals surface area contributed by atoms with Crippen LogP contribution in [-0.2, 0) is 6.18 Å². The fourth-order valence-electron chi connectivity index (χ4n) is 3.40. The molecule has 1 aliphatic heterocycles. The third kappa shape index (κ3) is 4.75. The van der Waals surface area contributed by atoms with Crippen LogP contribution in [-0.4, -0.2) is 51.0 Å². The van der Waals surface area contributed by atoms with Gasteiger partial charge in [0.2, 0.25) is 0 Å². The van der Waals surface area contributed by atoms with Gasteiger partial charge in [0.05, 0.1) is 23.0 Å². The van der Waals surface area contributed by atoms with Gasteiger partial charge in [-0.15, -0.1) is 0 Å². The van der Waals surface area contributed by atoms with E-state index in [4.69, 9.17) is 0 Å². The molecule has 29 heavy (non-hydrogen) atoms. The Balaban J connectivity index is 1.62. The number of rotatable bonds is 3. The van der Waals surface area contributed by atoms with Crippen molar-refractivity contribution in [3.05, 3.63) is 46.5 Å². The number of likely N-dealkylation sites (tertiary alicyclic amines) is 1. The van der Waals surface area contributed by atoms with E-state index in [-0.39, 0.29) is 23.2 Å². The van der Waals surface area contributed by atoms with Crippen LogP contribution < -0.4 is 5.32 Å². The Morgan fingerprint density at radius 3 is 2.55 bits per heavy atom. The molecule has 2 amide bonds. The minimum absolute atomic E-state index is 0.0261. The van der Waals surface area contributed by atoms with Crippen molar-refractivity contribution in [2.24, 2.45) is 0 Å². The van der Waals surface area contributed by atoms with Crippen molar-refractivity contribution < 1.29 is 22.8 Å². The number of carbonyl (C=O) groups is 2. The predicted molar refractivity (Wildman–Crippen MR) is 98.3 cm³/mol. The number of aromatic amines is 1. The Morgan fingerprint density at radius 1 is 1.17 bits per heavy atom. The zero-order valence-electron chi connectivity index (χ0n) is 16.1. The van der Waals surface area contributed by atoms with Gasteiger partial charge in [-0.1, -0.05) is 0 Å². The van der Waals surface area contributed by atoms with E-state index in [9.17, 15) is 22.8 Å². The van der Waals surface area contributed by atoms with Crippen molar-refractivity contribution in [2.75, 3.05) is 13.1 Å². The number of pyridine rings is 1. The van der Waals surface area contributed by atoms with Crippen LogP contribution in [0.1, 0.15) is 57.1 Å². The molecule has 0 saturated carbocycles. The monoisotopic (exact) mass is 409 g/mol. The third-order valence-electron chi connectivity index (χ3n) is 5.03. The smallest absolute Gasteiger partial charge is 0.349 e. The maximum Gasteiger partial charge on any atom is 0.433 e. The van der Waals surface area contributed by atoms with Crippen molar-refractivity contribution >= 4 is 11.8 Å². The topological polar surface area (TPSA) is 91.0 Å². The molecule has 1 aliphatic rings. The number of nitrogens with one attached hydrogen (secondary N) is 2. The third-order valence-corrected chi connectivity index (χ3v) is 5.03. The second-order valence-electron chi connectivity index (χ2n) is 7.13.